The summed E-state index contributed by atoms with van der Waals surface area (Å²) >= 11 is 0. The summed E-state index contributed by atoms with van der Waals surface area (Å²) in [4.78, 5) is 0. The molecule has 15 heavy (non-hydrogen) atoms. The van der Waals surface area contributed by atoms with Crippen LogP contribution >= 0.6 is 7.94 Å². The Balaban J connectivity index is 2.26. The maximum Gasteiger partial charge on any atom is 0.454 e. The average Bonchev–Trinajstić information content (AvgIpc) is 2.15. The van der Waals surface area contributed by atoms with Gasteiger partial charge in [0.1, 0.15) is 5.75 Å². The van der Waals surface area contributed by atoms with Gasteiger partial charge in [-0.2, -0.15) is 4.52 Å². The van der Waals surface area contributed by atoms with E-state index in [9.17, 15) is 5.11 Å². The van der Waals surface area contributed by atoms with E-state index < -0.39 is 7.94 Å². The van der Waals surface area contributed by atoms with E-state index in [2.05, 4.69) is 0 Å². The van der Waals surface area contributed by atoms with Crippen molar-refractivity contribution in [3.8, 4) is 5.75 Å². The Morgan fingerprint density at radius 2 is 2.20 bits per heavy atom. The highest BCUT2D eigenvalue weighted by Gasteiger charge is 2.61. The van der Waals surface area contributed by atoms with E-state index in [0.29, 0.717) is 6.61 Å². The van der Waals surface area contributed by atoms with E-state index in [1.54, 1.807) is 18.2 Å². The molecule has 0 aromatic heterocycles. The molecule has 4 nitrogen and oxygen atoms in total. The van der Waals surface area contributed by atoms with Crippen LogP contribution in [0.3, 0.4) is 0 Å². The van der Waals surface area contributed by atoms with Gasteiger partial charge in [0.25, 0.3) is 6.29 Å². The highest BCUT2D eigenvalue weighted by atomic mass is 31.2. The lowest BCUT2D eigenvalue weighted by Gasteiger charge is -2.32. The van der Waals surface area contributed by atoms with Crippen LogP contribution in [0.4, 0.5) is 0 Å². The van der Waals surface area contributed by atoms with Crippen LogP contribution in [0, 0.1) is 0 Å². The van der Waals surface area contributed by atoms with Gasteiger partial charge < -0.3 is 5.11 Å². The Morgan fingerprint density at radius 1 is 1.47 bits per heavy atom. The summed E-state index contributed by atoms with van der Waals surface area (Å²) in [6.07, 6.45) is -0.229. The second-order valence-electron chi connectivity index (χ2n) is 3.21. The summed E-state index contributed by atoms with van der Waals surface area (Å²) in [6.45, 7) is 4.23. The van der Waals surface area contributed by atoms with Gasteiger partial charge in [-0.3, -0.25) is 0 Å². The molecule has 0 bridgehead atoms. The lowest BCUT2D eigenvalue weighted by molar-refractivity contribution is -0.0972. The van der Waals surface area contributed by atoms with Gasteiger partial charge in [-0.15, -0.1) is 9.05 Å². The van der Waals surface area contributed by atoms with Gasteiger partial charge in [0, 0.05) is 6.07 Å². The molecule has 0 amide bonds. The summed E-state index contributed by atoms with van der Waals surface area (Å²) in [5.74, 6) is 0.193. The fourth-order valence-electron chi connectivity index (χ4n) is 1.49. The van der Waals surface area contributed by atoms with Gasteiger partial charge in [0.2, 0.25) is 0 Å². The molecule has 1 heterocycles. The molecule has 0 saturated carbocycles. The van der Waals surface area contributed by atoms with Crippen LogP contribution in [0.5, 0.6) is 5.75 Å². The summed E-state index contributed by atoms with van der Waals surface area (Å²) in [5.41, 5.74) is 0. The third-order valence-corrected chi connectivity index (χ3v) is 4.68. The molecule has 0 atom stereocenters. The zero-order valence-corrected chi connectivity index (χ0v) is 9.61. The standard InChI is InChI=1S/C10H13O4P/c1-3-12-15(13-8(2)14-15)10-6-4-5-9(11)7-10/h4-8H,3H2,1-2H3/p+1. The van der Waals surface area contributed by atoms with Crippen LogP contribution in [0.15, 0.2) is 24.3 Å². The second-order valence-corrected chi connectivity index (χ2v) is 5.40. The molecule has 1 aliphatic rings. The van der Waals surface area contributed by atoms with Crippen LogP contribution in [0.25, 0.3) is 0 Å². The number of phenols is 1. The highest BCUT2D eigenvalue weighted by molar-refractivity contribution is 7.70. The van der Waals surface area contributed by atoms with Crippen LogP contribution in [0.2, 0.25) is 0 Å². The zero-order valence-electron chi connectivity index (χ0n) is 8.71. The van der Waals surface area contributed by atoms with E-state index in [0.717, 1.165) is 5.30 Å². The maximum atomic E-state index is 9.38. The largest absolute Gasteiger partial charge is 0.508 e. The molecule has 1 fully saturated rings. The Kier molecular flexibility index (Phi) is 2.94. The average molecular weight is 229 g/mol. The van der Waals surface area contributed by atoms with Crippen molar-refractivity contribution in [2.75, 3.05) is 6.61 Å². The van der Waals surface area contributed by atoms with Crippen molar-refractivity contribution in [3.05, 3.63) is 24.3 Å². The number of rotatable bonds is 3. The Labute approximate surface area is 89.4 Å². The molecule has 5 heteroatoms. The van der Waals surface area contributed by atoms with Crippen molar-refractivity contribution >= 4 is 13.2 Å². The summed E-state index contributed by atoms with van der Waals surface area (Å²) in [6, 6.07) is 6.82. The van der Waals surface area contributed by atoms with Gasteiger partial charge in [-0.05, 0) is 26.0 Å². The molecule has 1 N–H and O–H groups in total. The monoisotopic (exact) mass is 229 g/mol. The van der Waals surface area contributed by atoms with Crippen molar-refractivity contribution in [1.82, 2.24) is 0 Å². The number of phenolic OH excluding ortho intramolecular Hbond substituents is 1. The van der Waals surface area contributed by atoms with Gasteiger partial charge >= 0.3 is 7.94 Å². The van der Waals surface area contributed by atoms with Gasteiger partial charge in [0.15, 0.2) is 5.30 Å². The number of benzene rings is 1. The molecule has 1 aromatic carbocycles. The SMILES string of the molecule is CCO[P+]1(c2cccc(O)c2)OC(C)O1. The van der Waals surface area contributed by atoms with E-state index >= 15 is 0 Å². The third kappa shape index (κ3) is 1.99. The van der Waals surface area contributed by atoms with Gasteiger partial charge in [-0.1, -0.05) is 6.07 Å². The Morgan fingerprint density at radius 3 is 2.73 bits per heavy atom. The maximum absolute atomic E-state index is 9.38. The second kappa shape index (κ2) is 4.06. The quantitative estimate of drug-likeness (QED) is 0.807. The first-order valence-corrected chi connectivity index (χ1v) is 6.40. The van der Waals surface area contributed by atoms with Crippen LogP contribution < -0.4 is 5.30 Å². The van der Waals surface area contributed by atoms with E-state index in [-0.39, 0.29) is 12.0 Å². The number of hydrogen-bond acceptors (Lipinski definition) is 4. The molecule has 2 rings (SSSR count). The minimum Gasteiger partial charge on any atom is -0.508 e. The normalized spacial score (nSPS) is 29.9. The lowest BCUT2D eigenvalue weighted by Crippen LogP contribution is -2.34. The van der Waals surface area contributed by atoms with E-state index in [1.807, 2.05) is 19.9 Å². The highest BCUT2D eigenvalue weighted by Crippen LogP contribution is 2.69. The molecule has 0 radical (unpaired) electrons. The van der Waals surface area contributed by atoms with Crippen molar-refractivity contribution in [3.63, 3.8) is 0 Å². The topological polar surface area (TPSA) is 47.9 Å². The molecule has 0 unspecified atom stereocenters. The van der Waals surface area contributed by atoms with Crippen molar-refractivity contribution in [2.45, 2.75) is 20.1 Å². The van der Waals surface area contributed by atoms with Crippen molar-refractivity contribution < 1.29 is 18.7 Å². The van der Waals surface area contributed by atoms with Crippen molar-refractivity contribution in [2.24, 2.45) is 0 Å². The minimum absolute atomic E-state index is 0.193. The van der Waals surface area contributed by atoms with E-state index in [4.69, 9.17) is 13.6 Å². The molecule has 0 spiro atoms. The molecular formula is C10H14O4P+. The molecule has 82 valence electrons. The summed E-state index contributed by atoms with van der Waals surface area (Å²) < 4.78 is 16.7. The van der Waals surface area contributed by atoms with E-state index in [1.165, 1.54) is 0 Å². The first-order chi connectivity index (χ1) is 7.16. The zero-order chi connectivity index (χ0) is 10.9. The molecule has 0 aliphatic carbocycles. The molecule has 1 aliphatic heterocycles. The van der Waals surface area contributed by atoms with Crippen LogP contribution in [-0.2, 0) is 13.6 Å². The smallest absolute Gasteiger partial charge is 0.454 e. The Bertz CT molecular complexity index is 344. The van der Waals surface area contributed by atoms with Gasteiger partial charge in [-0.25, -0.2) is 0 Å². The number of aromatic hydroxyl groups is 1. The Hall–Kier alpha value is -0.670. The fraction of sp³-hybridized carbons (Fsp3) is 0.400. The first-order valence-electron chi connectivity index (χ1n) is 4.86. The lowest BCUT2D eigenvalue weighted by atomic mass is 10.3. The van der Waals surface area contributed by atoms with Crippen LogP contribution in [-0.4, -0.2) is 18.0 Å². The molecule has 1 saturated heterocycles. The van der Waals surface area contributed by atoms with Crippen molar-refractivity contribution in [1.29, 1.82) is 0 Å². The third-order valence-electron chi connectivity index (χ3n) is 2.02. The predicted octanol–water partition coefficient (Wildman–Crippen LogP) is 2.21. The van der Waals surface area contributed by atoms with Crippen LogP contribution in [0.1, 0.15) is 13.8 Å². The van der Waals surface area contributed by atoms with Gasteiger partial charge in [0.05, 0.1) is 6.61 Å². The molecule has 1 aromatic rings. The molecular weight excluding hydrogens is 215 g/mol. The number of hydrogen-bond donors (Lipinski definition) is 1. The first kappa shape index (κ1) is 10.8. The summed E-state index contributed by atoms with van der Waals surface area (Å²) in [7, 11) is -2.37. The predicted molar refractivity (Wildman–Crippen MR) is 57.9 cm³/mol. The summed E-state index contributed by atoms with van der Waals surface area (Å²) in [5, 5.41) is 10.2. The minimum atomic E-state index is -2.37. The fourth-order valence-corrected chi connectivity index (χ4v) is 3.70.